The van der Waals surface area contributed by atoms with E-state index in [1.165, 1.54) is 25.2 Å². The molecule has 1 rings (SSSR count). The summed E-state index contributed by atoms with van der Waals surface area (Å²) >= 11 is 0. The molecule has 0 atom stereocenters. The van der Waals surface area contributed by atoms with Gasteiger partial charge in [-0.05, 0) is 6.07 Å². The van der Waals surface area contributed by atoms with E-state index >= 15 is 0 Å². The third-order valence-electron chi connectivity index (χ3n) is 1.85. The molecule has 0 unspecified atom stereocenters. The highest BCUT2D eigenvalue weighted by atomic mass is 32.2. The average molecular weight is 230 g/mol. The zero-order valence-corrected chi connectivity index (χ0v) is 9.04. The van der Waals surface area contributed by atoms with Crippen LogP contribution in [0.25, 0.3) is 0 Å². The Morgan fingerprint density at radius 1 is 1.40 bits per heavy atom. The minimum atomic E-state index is -3.47. The maximum atomic E-state index is 11.3. The predicted octanol–water partition coefficient (Wildman–Crippen LogP) is 1.04. The van der Waals surface area contributed by atoms with E-state index < -0.39 is 14.8 Å². The Balaban J connectivity index is 3.56. The fraction of sp³-hybridized carbons (Fsp3) is 0.250. The Kier molecular flexibility index (Phi) is 2.94. The van der Waals surface area contributed by atoms with Gasteiger partial charge in [-0.1, -0.05) is 6.07 Å². The summed E-state index contributed by atoms with van der Waals surface area (Å²) in [7, 11) is -2.03. The molecule has 0 aliphatic rings. The lowest BCUT2D eigenvalue weighted by Crippen LogP contribution is -2.05. The van der Waals surface area contributed by atoms with Gasteiger partial charge in [0, 0.05) is 19.4 Å². The normalized spacial score (nSPS) is 11.1. The minimum absolute atomic E-state index is 0.0185. The van der Waals surface area contributed by atoms with Crippen molar-refractivity contribution in [3.05, 3.63) is 28.3 Å². The van der Waals surface area contributed by atoms with Crippen molar-refractivity contribution < 1.29 is 13.3 Å². The summed E-state index contributed by atoms with van der Waals surface area (Å²) < 4.78 is 22.6. The molecule has 7 heteroatoms. The van der Waals surface area contributed by atoms with E-state index in [0.717, 1.165) is 6.26 Å². The fourth-order valence-electron chi connectivity index (χ4n) is 1.23. The molecular weight excluding hydrogens is 220 g/mol. The second kappa shape index (κ2) is 3.85. The number of benzene rings is 1. The molecule has 1 N–H and O–H groups in total. The van der Waals surface area contributed by atoms with Crippen molar-refractivity contribution in [1.29, 1.82) is 0 Å². The van der Waals surface area contributed by atoms with Crippen molar-refractivity contribution in [3.8, 4) is 0 Å². The van der Waals surface area contributed by atoms with E-state index in [9.17, 15) is 18.5 Å². The number of nitro groups is 1. The molecule has 82 valence electrons. The fourth-order valence-corrected chi connectivity index (χ4v) is 2.14. The molecular formula is C8H10N2O4S. The summed E-state index contributed by atoms with van der Waals surface area (Å²) in [5, 5.41) is 13.2. The summed E-state index contributed by atoms with van der Waals surface area (Å²) in [6.45, 7) is 0. The second-order valence-electron chi connectivity index (χ2n) is 2.93. The van der Waals surface area contributed by atoms with Gasteiger partial charge in [-0.2, -0.15) is 0 Å². The van der Waals surface area contributed by atoms with Crippen molar-refractivity contribution in [1.82, 2.24) is 0 Å². The highest BCUT2D eigenvalue weighted by Crippen LogP contribution is 2.30. The monoisotopic (exact) mass is 230 g/mol. The number of nitrogens with zero attached hydrogens (tertiary/aromatic N) is 1. The number of nitrogens with one attached hydrogen (secondary N) is 1. The molecule has 0 aromatic heterocycles. The van der Waals surface area contributed by atoms with Crippen LogP contribution in [-0.4, -0.2) is 26.6 Å². The molecule has 0 amide bonds. The first kappa shape index (κ1) is 11.4. The van der Waals surface area contributed by atoms with Gasteiger partial charge < -0.3 is 5.32 Å². The third kappa shape index (κ3) is 2.24. The number of rotatable bonds is 3. The van der Waals surface area contributed by atoms with Crippen molar-refractivity contribution in [2.45, 2.75) is 4.90 Å². The Labute approximate surface area is 87.0 Å². The van der Waals surface area contributed by atoms with E-state index in [0.29, 0.717) is 0 Å². The average Bonchev–Trinajstić information content (AvgIpc) is 2.15. The van der Waals surface area contributed by atoms with Crippen LogP contribution in [0.4, 0.5) is 11.4 Å². The summed E-state index contributed by atoms with van der Waals surface area (Å²) in [6, 6.07) is 3.92. The lowest BCUT2D eigenvalue weighted by atomic mass is 10.3. The quantitative estimate of drug-likeness (QED) is 0.619. The molecule has 0 aliphatic carbocycles. The van der Waals surface area contributed by atoms with Gasteiger partial charge in [-0.25, -0.2) is 8.42 Å². The Morgan fingerprint density at radius 2 is 2.00 bits per heavy atom. The predicted molar refractivity (Wildman–Crippen MR) is 55.8 cm³/mol. The van der Waals surface area contributed by atoms with Gasteiger partial charge in [0.2, 0.25) is 0 Å². The number of sulfone groups is 1. The largest absolute Gasteiger partial charge is 0.381 e. The Bertz CT molecular complexity index is 495. The number of para-hydroxylation sites is 1. The highest BCUT2D eigenvalue weighted by Gasteiger charge is 2.21. The standard InChI is InChI=1S/C8H10N2O4S/c1-9-8-6(10(11)12)4-3-5-7(8)15(2,13)14/h3-5,9H,1-2H3. The van der Waals surface area contributed by atoms with Crippen LogP contribution in [0.3, 0.4) is 0 Å². The van der Waals surface area contributed by atoms with Gasteiger partial charge in [0.1, 0.15) is 5.69 Å². The number of hydrogen-bond donors (Lipinski definition) is 1. The first-order valence-corrected chi connectivity index (χ1v) is 5.92. The van der Waals surface area contributed by atoms with Crippen LogP contribution in [-0.2, 0) is 9.84 Å². The van der Waals surface area contributed by atoms with Gasteiger partial charge in [0.05, 0.1) is 9.82 Å². The molecule has 1 aromatic rings. The van der Waals surface area contributed by atoms with E-state index in [1.807, 2.05) is 0 Å². The zero-order chi connectivity index (χ0) is 11.6. The first-order chi connectivity index (χ1) is 6.88. The zero-order valence-electron chi connectivity index (χ0n) is 8.22. The Morgan fingerprint density at radius 3 is 2.40 bits per heavy atom. The minimum Gasteiger partial charge on any atom is -0.381 e. The molecule has 0 saturated heterocycles. The Hall–Kier alpha value is -1.63. The summed E-state index contributed by atoms with van der Waals surface area (Å²) in [4.78, 5) is 9.94. The SMILES string of the molecule is CNc1c([N+](=O)[O-])cccc1S(C)(=O)=O. The second-order valence-corrected chi connectivity index (χ2v) is 4.91. The molecule has 1 aromatic carbocycles. The van der Waals surface area contributed by atoms with E-state index in [-0.39, 0.29) is 16.3 Å². The smallest absolute Gasteiger partial charge is 0.293 e. The molecule has 0 aliphatic heterocycles. The summed E-state index contributed by atoms with van der Waals surface area (Å²) in [5.74, 6) is 0. The van der Waals surface area contributed by atoms with Crippen LogP contribution in [0.2, 0.25) is 0 Å². The maximum Gasteiger partial charge on any atom is 0.293 e. The number of nitro benzene ring substituents is 1. The van der Waals surface area contributed by atoms with Crippen molar-refractivity contribution in [2.75, 3.05) is 18.6 Å². The lowest BCUT2D eigenvalue weighted by Gasteiger charge is -2.06. The van der Waals surface area contributed by atoms with E-state index in [4.69, 9.17) is 0 Å². The number of anilines is 1. The van der Waals surface area contributed by atoms with Crippen LogP contribution in [0, 0.1) is 10.1 Å². The van der Waals surface area contributed by atoms with Crippen molar-refractivity contribution >= 4 is 21.2 Å². The molecule has 0 spiro atoms. The molecule has 0 bridgehead atoms. The van der Waals surface area contributed by atoms with Gasteiger partial charge in [-0.15, -0.1) is 0 Å². The molecule has 0 saturated carbocycles. The van der Waals surface area contributed by atoms with Crippen LogP contribution >= 0.6 is 0 Å². The third-order valence-corrected chi connectivity index (χ3v) is 2.99. The molecule has 0 radical (unpaired) electrons. The van der Waals surface area contributed by atoms with Crippen molar-refractivity contribution in [2.24, 2.45) is 0 Å². The molecule has 15 heavy (non-hydrogen) atoms. The van der Waals surface area contributed by atoms with Crippen LogP contribution in [0.15, 0.2) is 23.1 Å². The lowest BCUT2D eigenvalue weighted by molar-refractivity contribution is -0.384. The molecule has 0 heterocycles. The summed E-state index contributed by atoms with van der Waals surface area (Å²) in [5.41, 5.74) is -0.231. The molecule has 0 fully saturated rings. The van der Waals surface area contributed by atoms with Gasteiger partial charge in [0.15, 0.2) is 9.84 Å². The maximum absolute atomic E-state index is 11.3. The van der Waals surface area contributed by atoms with Crippen LogP contribution in [0.5, 0.6) is 0 Å². The van der Waals surface area contributed by atoms with E-state index in [1.54, 1.807) is 0 Å². The summed E-state index contributed by atoms with van der Waals surface area (Å²) in [6.07, 6.45) is 1.01. The topological polar surface area (TPSA) is 89.3 Å². The van der Waals surface area contributed by atoms with Crippen molar-refractivity contribution in [3.63, 3.8) is 0 Å². The first-order valence-electron chi connectivity index (χ1n) is 4.03. The van der Waals surface area contributed by atoms with Gasteiger partial charge in [0.25, 0.3) is 5.69 Å². The van der Waals surface area contributed by atoms with Crippen LogP contribution in [0.1, 0.15) is 0 Å². The van der Waals surface area contributed by atoms with Gasteiger partial charge >= 0.3 is 0 Å². The highest BCUT2D eigenvalue weighted by molar-refractivity contribution is 7.90. The van der Waals surface area contributed by atoms with E-state index in [2.05, 4.69) is 5.32 Å². The van der Waals surface area contributed by atoms with Crippen LogP contribution < -0.4 is 5.32 Å². The number of hydrogen-bond acceptors (Lipinski definition) is 5. The molecule has 6 nitrogen and oxygen atoms in total. The van der Waals surface area contributed by atoms with Gasteiger partial charge in [-0.3, -0.25) is 10.1 Å².